The lowest BCUT2D eigenvalue weighted by Gasteiger charge is -2.27. The zero-order valence-electron chi connectivity index (χ0n) is 18.7. The van der Waals surface area contributed by atoms with E-state index < -0.39 is 5.82 Å². The molecule has 2 aliphatic heterocycles. The van der Waals surface area contributed by atoms with E-state index in [9.17, 15) is 9.18 Å². The first kappa shape index (κ1) is 21.5. The molecular weight excluding hydrogens is 455 g/mol. The molecule has 6 rings (SSSR count). The summed E-state index contributed by atoms with van der Waals surface area (Å²) >= 11 is 5.99. The summed E-state index contributed by atoms with van der Waals surface area (Å²) < 4.78 is 22.6. The first-order valence-corrected chi connectivity index (χ1v) is 12.0. The Labute approximate surface area is 201 Å². The van der Waals surface area contributed by atoms with Gasteiger partial charge in [-0.3, -0.25) is 14.4 Å². The van der Waals surface area contributed by atoms with Gasteiger partial charge in [0.15, 0.2) is 0 Å². The van der Waals surface area contributed by atoms with Crippen LogP contribution in [0.15, 0.2) is 52.5 Å². The maximum atomic E-state index is 14.9. The molecule has 1 fully saturated rings. The van der Waals surface area contributed by atoms with Crippen molar-refractivity contribution in [3.05, 3.63) is 69.5 Å². The highest BCUT2D eigenvalue weighted by Gasteiger charge is 2.35. The summed E-state index contributed by atoms with van der Waals surface area (Å²) in [5, 5.41) is 7.64. The normalized spacial score (nSPS) is 22.4. The number of aromatic nitrogens is 2. The molecule has 3 aromatic rings. The highest BCUT2D eigenvalue weighted by atomic mass is 35.5. The van der Waals surface area contributed by atoms with Crippen LogP contribution in [0.3, 0.4) is 0 Å². The number of fused-ring (bicyclic) bond motifs is 1. The lowest BCUT2D eigenvalue weighted by atomic mass is 9.99. The van der Waals surface area contributed by atoms with Crippen LogP contribution in [-0.2, 0) is 4.74 Å². The quantitative estimate of drug-likeness (QED) is 0.536. The predicted molar refractivity (Wildman–Crippen MR) is 131 cm³/mol. The number of hydrogen-bond acceptors (Lipinski definition) is 5. The Hall–Kier alpha value is -3.03. The summed E-state index contributed by atoms with van der Waals surface area (Å²) in [6, 6.07) is 8.80. The van der Waals surface area contributed by atoms with Crippen LogP contribution >= 0.6 is 11.6 Å². The fraction of sp³-hybridized carbons (Fsp3) is 0.346. The molecule has 2 atom stereocenters. The van der Waals surface area contributed by atoms with Crippen LogP contribution < -0.4 is 5.56 Å². The second-order valence-corrected chi connectivity index (χ2v) is 9.65. The number of benzene rings is 1. The molecule has 34 heavy (non-hydrogen) atoms. The van der Waals surface area contributed by atoms with Crippen molar-refractivity contribution in [1.82, 2.24) is 14.6 Å². The van der Waals surface area contributed by atoms with Gasteiger partial charge in [0.2, 0.25) is 0 Å². The Morgan fingerprint density at radius 2 is 2.03 bits per heavy atom. The van der Waals surface area contributed by atoms with Crippen LogP contribution in [0.25, 0.3) is 27.7 Å². The van der Waals surface area contributed by atoms with Gasteiger partial charge in [0.05, 0.1) is 12.7 Å². The minimum absolute atomic E-state index is 0.139. The Kier molecular flexibility index (Phi) is 5.26. The van der Waals surface area contributed by atoms with E-state index in [0.29, 0.717) is 46.1 Å². The molecule has 1 unspecified atom stereocenters. The van der Waals surface area contributed by atoms with Crippen LogP contribution in [0, 0.1) is 18.7 Å². The molecule has 0 spiro atoms. The van der Waals surface area contributed by atoms with Gasteiger partial charge in [-0.1, -0.05) is 17.7 Å². The molecule has 2 aromatic heterocycles. The first-order valence-electron chi connectivity index (χ1n) is 11.6. The number of hydrazone groups is 1. The number of nitrogens with zero attached hydrogens (tertiary/aromatic N) is 4. The topological polar surface area (TPSA) is 59.7 Å². The van der Waals surface area contributed by atoms with Crippen molar-refractivity contribution in [3.8, 4) is 11.1 Å². The third-order valence-electron chi connectivity index (χ3n) is 6.75. The Morgan fingerprint density at radius 3 is 2.82 bits per heavy atom. The van der Waals surface area contributed by atoms with E-state index in [1.165, 1.54) is 18.9 Å². The molecule has 1 aliphatic carbocycles. The minimum atomic E-state index is -0.444. The lowest BCUT2D eigenvalue weighted by molar-refractivity contribution is 0.0546. The highest BCUT2D eigenvalue weighted by molar-refractivity contribution is 6.30. The molecule has 8 heteroatoms. The lowest BCUT2D eigenvalue weighted by Crippen LogP contribution is -2.33. The molecule has 0 saturated heterocycles. The summed E-state index contributed by atoms with van der Waals surface area (Å²) in [4.78, 5) is 18.1. The van der Waals surface area contributed by atoms with E-state index in [1.807, 2.05) is 31.3 Å². The fourth-order valence-corrected chi connectivity index (χ4v) is 4.96. The van der Waals surface area contributed by atoms with Crippen molar-refractivity contribution in [2.45, 2.75) is 38.3 Å². The molecule has 1 aromatic carbocycles. The average molecular weight is 479 g/mol. The van der Waals surface area contributed by atoms with Gasteiger partial charge in [-0.05, 0) is 50.1 Å². The SMILES string of the molecule is Cc1ccc2c(-c3ccc(Cl)cc3F)cn(C3=C[C@@H](C4C=NN(C5CC5)C4)OCC3)c(=O)c2n1. The zero-order chi connectivity index (χ0) is 23.4. The number of hydrogen-bond donors (Lipinski definition) is 0. The van der Waals surface area contributed by atoms with Crippen molar-refractivity contribution in [2.75, 3.05) is 13.2 Å². The Balaban J connectivity index is 1.46. The molecule has 3 aliphatic rings. The molecule has 174 valence electrons. The summed E-state index contributed by atoms with van der Waals surface area (Å²) in [7, 11) is 0. The molecular formula is C26H24ClFN4O2. The maximum absolute atomic E-state index is 14.9. The van der Waals surface area contributed by atoms with Crippen LogP contribution in [0.5, 0.6) is 0 Å². The molecule has 6 nitrogen and oxygen atoms in total. The van der Waals surface area contributed by atoms with E-state index in [2.05, 4.69) is 15.1 Å². The minimum Gasteiger partial charge on any atom is -0.373 e. The number of aryl methyl sites for hydroxylation is 1. The van der Waals surface area contributed by atoms with Crippen molar-refractivity contribution >= 4 is 34.4 Å². The van der Waals surface area contributed by atoms with E-state index in [0.717, 1.165) is 17.9 Å². The average Bonchev–Trinajstić information content (AvgIpc) is 3.56. The number of rotatable bonds is 4. The van der Waals surface area contributed by atoms with Gasteiger partial charge < -0.3 is 4.74 Å². The number of pyridine rings is 2. The van der Waals surface area contributed by atoms with E-state index in [4.69, 9.17) is 16.3 Å². The molecule has 4 heterocycles. The summed E-state index contributed by atoms with van der Waals surface area (Å²) in [5.41, 5.74) is 2.64. The van der Waals surface area contributed by atoms with Crippen molar-refractivity contribution < 1.29 is 9.13 Å². The zero-order valence-corrected chi connectivity index (χ0v) is 19.5. The molecule has 1 saturated carbocycles. The second-order valence-electron chi connectivity index (χ2n) is 9.22. The van der Waals surface area contributed by atoms with Crippen molar-refractivity contribution in [1.29, 1.82) is 0 Å². The maximum Gasteiger partial charge on any atom is 0.281 e. The number of halogens is 2. The molecule has 0 radical (unpaired) electrons. The molecule has 0 amide bonds. The van der Waals surface area contributed by atoms with Gasteiger partial charge in [-0.15, -0.1) is 0 Å². The van der Waals surface area contributed by atoms with Crippen molar-refractivity contribution in [2.24, 2.45) is 11.0 Å². The largest absolute Gasteiger partial charge is 0.373 e. The highest BCUT2D eigenvalue weighted by Crippen LogP contribution is 2.34. The van der Waals surface area contributed by atoms with Crippen LogP contribution in [0.4, 0.5) is 4.39 Å². The fourth-order valence-electron chi connectivity index (χ4n) is 4.80. The van der Waals surface area contributed by atoms with Gasteiger partial charge in [-0.2, -0.15) is 5.10 Å². The smallest absolute Gasteiger partial charge is 0.281 e. The first-order chi connectivity index (χ1) is 16.5. The van der Waals surface area contributed by atoms with Crippen molar-refractivity contribution in [3.63, 3.8) is 0 Å². The molecule has 0 bridgehead atoms. The third-order valence-corrected chi connectivity index (χ3v) is 6.99. The van der Waals surface area contributed by atoms with Gasteiger partial charge in [0.1, 0.15) is 11.3 Å². The van der Waals surface area contributed by atoms with Gasteiger partial charge >= 0.3 is 0 Å². The second kappa shape index (κ2) is 8.32. The van der Waals surface area contributed by atoms with Crippen LogP contribution in [0.2, 0.25) is 5.02 Å². The molecule has 0 N–H and O–H groups in total. The van der Waals surface area contributed by atoms with Gasteiger partial charge in [0, 0.05) is 70.3 Å². The monoisotopic (exact) mass is 478 g/mol. The Morgan fingerprint density at radius 1 is 1.18 bits per heavy atom. The Bertz CT molecular complexity index is 1410. The summed E-state index contributed by atoms with van der Waals surface area (Å²) in [6.45, 7) is 3.17. The van der Waals surface area contributed by atoms with E-state index >= 15 is 0 Å². The summed E-state index contributed by atoms with van der Waals surface area (Å²) in [6.07, 6.45) is 8.50. The predicted octanol–water partition coefficient (Wildman–Crippen LogP) is 4.87. The van der Waals surface area contributed by atoms with Crippen LogP contribution in [0.1, 0.15) is 25.0 Å². The van der Waals surface area contributed by atoms with Gasteiger partial charge in [0.25, 0.3) is 5.56 Å². The number of ether oxygens (including phenoxy) is 1. The summed E-state index contributed by atoms with van der Waals surface area (Å²) in [5.74, 6) is -0.304. The van der Waals surface area contributed by atoms with E-state index in [1.54, 1.807) is 22.9 Å². The van der Waals surface area contributed by atoms with E-state index in [-0.39, 0.29) is 17.6 Å². The van der Waals surface area contributed by atoms with Crippen LogP contribution in [-0.4, -0.2) is 46.1 Å². The third kappa shape index (κ3) is 3.83. The standard InChI is InChI=1S/C26H24ClFN4O2/c1-15-2-6-21-22(20-7-3-17(27)10-23(20)28)14-31(26(33)25(21)30-15)19-8-9-34-24(11-19)16-12-29-32(13-16)18-4-5-18/h2-3,6-7,10-12,14,16,18,24H,4-5,8-9,13H2,1H3/t16?,24-/m0/s1. The van der Waals surface area contributed by atoms with Gasteiger partial charge in [-0.25, -0.2) is 9.37 Å².